The first-order valence-corrected chi connectivity index (χ1v) is 12.9. The van der Waals surface area contributed by atoms with Gasteiger partial charge in [-0.25, -0.2) is 12.8 Å². The Kier molecular flexibility index (Phi) is 4.89. The highest BCUT2D eigenvalue weighted by molar-refractivity contribution is 7.92. The molecule has 0 spiro atoms. The van der Waals surface area contributed by atoms with Crippen LogP contribution in [-0.4, -0.2) is 26.5 Å². The number of hydrogen-bond donors (Lipinski definition) is 1. The number of Topliss-reactive ketones (excluding diaryl/α,β-unsaturated/α-hetero) is 1. The first kappa shape index (κ1) is 21.4. The number of fused-ring (bicyclic) bond motifs is 3. The monoisotopic (exact) mass is 456 g/mol. The lowest BCUT2D eigenvalue weighted by Crippen LogP contribution is -2.43. The van der Waals surface area contributed by atoms with E-state index < -0.39 is 15.4 Å². The topological polar surface area (TPSA) is 66.5 Å². The molecule has 1 heterocycles. The van der Waals surface area contributed by atoms with Crippen molar-refractivity contribution in [1.29, 1.82) is 0 Å². The summed E-state index contributed by atoms with van der Waals surface area (Å²) >= 11 is 0. The molecule has 7 heteroatoms. The average Bonchev–Trinajstić information content (AvgIpc) is 3.28. The molecule has 2 aromatic rings. The number of ketones is 1. The number of halogens is 1. The second-order valence-electron chi connectivity index (χ2n) is 10.2. The van der Waals surface area contributed by atoms with E-state index in [1.165, 1.54) is 12.1 Å². The summed E-state index contributed by atoms with van der Waals surface area (Å²) in [6, 6.07) is 12.1. The first-order chi connectivity index (χ1) is 15.1. The van der Waals surface area contributed by atoms with Crippen molar-refractivity contribution in [2.75, 3.05) is 21.9 Å². The van der Waals surface area contributed by atoms with Gasteiger partial charge in [0.2, 0.25) is 10.0 Å². The van der Waals surface area contributed by atoms with Crippen LogP contribution in [0, 0.1) is 22.6 Å². The van der Waals surface area contributed by atoms with Crippen molar-refractivity contribution in [3.63, 3.8) is 0 Å². The lowest BCUT2D eigenvalue weighted by molar-refractivity contribution is -0.128. The van der Waals surface area contributed by atoms with Crippen molar-refractivity contribution in [1.82, 2.24) is 0 Å². The fourth-order valence-electron chi connectivity index (χ4n) is 6.16. The van der Waals surface area contributed by atoms with Crippen molar-refractivity contribution < 1.29 is 17.6 Å². The summed E-state index contributed by atoms with van der Waals surface area (Å²) in [5.74, 6) is 0.00508. The van der Waals surface area contributed by atoms with Crippen LogP contribution in [0.5, 0.6) is 0 Å². The van der Waals surface area contributed by atoms with Crippen LogP contribution in [0.4, 0.5) is 15.8 Å². The largest absolute Gasteiger partial charge is 0.367 e. The zero-order valence-electron chi connectivity index (χ0n) is 18.5. The summed E-state index contributed by atoms with van der Waals surface area (Å²) < 4.78 is 42.1. The second-order valence-corrected chi connectivity index (χ2v) is 11.9. The van der Waals surface area contributed by atoms with Gasteiger partial charge in [-0.2, -0.15) is 0 Å². The molecule has 2 saturated carbocycles. The molecule has 0 unspecified atom stereocenters. The number of anilines is 2. The highest BCUT2D eigenvalue weighted by Gasteiger charge is 2.65. The number of hydrogen-bond acceptors (Lipinski definition) is 4. The Morgan fingerprint density at radius 3 is 2.56 bits per heavy atom. The third-order valence-corrected chi connectivity index (χ3v) is 9.63. The van der Waals surface area contributed by atoms with Crippen LogP contribution in [0.2, 0.25) is 0 Å². The number of nitrogens with one attached hydrogen (secondary N) is 1. The van der Waals surface area contributed by atoms with Gasteiger partial charge in [0, 0.05) is 30.9 Å². The van der Waals surface area contributed by atoms with Gasteiger partial charge in [0.05, 0.1) is 11.2 Å². The molecule has 2 bridgehead atoms. The molecular weight excluding hydrogens is 427 g/mol. The molecule has 170 valence electrons. The fourth-order valence-corrected chi connectivity index (χ4v) is 8.04. The van der Waals surface area contributed by atoms with E-state index in [1.54, 1.807) is 18.2 Å². The molecule has 0 saturated heterocycles. The summed E-state index contributed by atoms with van der Waals surface area (Å²) in [5, 5.41) is 0. The molecule has 1 aliphatic heterocycles. The van der Waals surface area contributed by atoms with Crippen LogP contribution < -0.4 is 9.62 Å². The first-order valence-electron chi connectivity index (χ1n) is 11.3. The summed E-state index contributed by atoms with van der Waals surface area (Å²) in [6.07, 6.45) is 2.92. The summed E-state index contributed by atoms with van der Waals surface area (Å²) in [5.41, 5.74) is 2.68. The number of nitrogens with zero attached hydrogens (tertiary/aromatic N) is 1. The Bertz CT molecular complexity index is 1180. The molecular formula is C25H29FN2O3S. The van der Waals surface area contributed by atoms with Crippen molar-refractivity contribution in [2.24, 2.45) is 16.7 Å². The maximum Gasteiger partial charge on any atom is 0.233 e. The van der Waals surface area contributed by atoms with Gasteiger partial charge in [-0.05, 0) is 72.1 Å². The van der Waals surface area contributed by atoms with Crippen LogP contribution in [0.25, 0.3) is 0 Å². The predicted molar refractivity (Wildman–Crippen MR) is 124 cm³/mol. The van der Waals surface area contributed by atoms with Crippen LogP contribution in [-0.2, 0) is 27.8 Å². The standard InChI is InChI=1S/C25H29FN2O3S/c1-24(2)19-9-11-25(24,23(29)14-19)16-32(30,31)27-21-7-8-22-18(13-21)10-12-28(22)15-17-3-5-20(26)6-4-17/h3-8,13,19,27H,9-12,14-16H2,1-2H3/t19-,25-/m0/s1. The minimum Gasteiger partial charge on any atom is -0.367 e. The van der Waals surface area contributed by atoms with Crippen molar-refractivity contribution in [3.05, 3.63) is 59.4 Å². The predicted octanol–water partition coefficient (Wildman–Crippen LogP) is 4.53. The summed E-state index contributed by atoms with van der Waals surface area (Å²) in [4.78, 5) is 15.0. The molecule has 5 nitrogen and oxygen atoms in total. The highest BCUT2D eigenvalue weighted by Crippen LogP contribution is 2.64. The van der Waals surface area contributed by atoms with Crippen molar-refractivity contribution in [2.45, 2.75) is 46.1 Å². The molecule has 2 atom stereocenters. The third kappa shape index (κ3) is 3.41. The average molecular weight is 457 g/mol. The number of rotatable bonds is 6. The van der Waals surface area contributed by atoms with E-state index >= 15 is 0 Å². The minimum atomic E-state index is -3.67. The van der Waals surface area contributed by atoms with Gasteiger partial charge in [0.15, 0.2) is 0 Å². The summed E-state index contributed by atoms with van der Waals surface area (Å²) in [7, 11) is -3.67. The van der Waals surface area contributed by atoms with Gasteiger partial charge in [0.1, 0.15) is 11.6 Å². The highest BCUT2D eigenvalue weighted by atomic mass is 32.2. The number of benzene rings is 2. The Morgan fingerprint density at radius 2 is 1.91 bits per heavy atom. The van der Waals surface area contributed by atoms with Crippen LogP contribution in [0.3, 0.4) is 0 Å². The van der Waals surface area contributed by atoms with Gasteiger partial charge in [-0.15, -0.1) is 0 Å². The molecule has 2 aromatic carbocycles. The van der Waals surface area contributed by atoms with Gasteiger partial charge in [-0.1, -0.05) is 26.0 Å². The number of sulfonamides is 1. The van der Waals surface area contributed by atoms with Crippen LogP contribution in [0.15, 0.2) is 42.5 Å². The van der Waals surface area contributed by atoms with Gasteiger partial charge in [0.25, 0.3) is 0 Å². The smallest absolute Gasteiger partial charge is 0.233 e. The quantitative estimate of drug-likeness (QED) is 0.694. The number of carbonyl (C=O) groups is 1. The second kappa shape index (κ2) is 7.30. The van der Waals surface area contributed by atoms with Crippen molar-refractivity contribution >= 4 is 27.2 Å². The third-order valence-electron chi connectivity index (χ3n) is 8.21. The minimum absolute atomic E-state index is 0.106. The molecule has 2 aliphatic carbocycles. The molecule has 5 rings (SSSR count). The maximum atomic E-state index is 13.2. The van der Waals surface area contributed by atoms with E-state index in [0.717, 1.165) is 36.2 Å². The molecule has 32 heavy (non-hydrogen) atoms. The molecule has 0 radical (unpaired) electrons. The normalized spacial score (nSPS) is 25.9. The zero-order chi connectivity index (χ0) is 22.7. The molecule has 2 fully saturated rings. The maximum absolute atomic E-state index is 13.2. The lowest BCUT2D eigenvalue weighted by Gasteiger charge is -2.36. The van der Waals surface area contributed by atoms with Gasteiger partial charge in [-0.3, -0.25) is 9.52 Å². The van der Waals surface area contributed by atoms with Gasteiger partial charge < -0.3 is 4.90 Å². The number of carbonyl (C=O) groups excluding carboxylic acids is 1. The van der Waals surface area contributed by atoms with E-state index in [2.05, 4.69) is 23.5 Å². The Balaban J connectivity index is 1.31. The van der Waals surface area contributed by atoms with Crippen LogP contribution >= 0.6 is 0 Å². The summed E-state index contributed by atoms with van der Waals surface area (Å²) in [6.45, 7) is 5.61. The molecule has 1 N–H and O–H groups in total. The Morgan fingerprint density at radius 1 is 1.16 bits per heavy atom. The fraction of sp³-hybridized carbons (Fsp3) is 0.480. The van der Waals surface area contributed by atoms with E-state index in [1.807, 2.05) is 12.1 Å². The van der Waals surface area contributed by atoms with Crippen LogP contribution in [0.1, 0.15) is 44.2 Å². The van der Waals surface area contributed by atoms with Crippen molar-refractivity contribution in [3.8, 4) is 0 Å². The molecule has 3 aliphatic rings. The van der Waals surface area contributed by atoms with E-state index in [0.29, 0.717) is 25.1 Å². The van der Waals surface area contributed by atoms with Gasteiger partial charge >= 0.3 is 0 Å². The SMILES string of the molecule is CC1(C)[C@H]2CC[C@]1(CS(=O)(=O)Nc1ccc3c(c1)CCN3Cc1ccc(F)cc1)C(=O)C2. The van der Waals surface area contributed by atoms with E-state index in [9.17, 15) is 17.6 Å². The zero-order valence-corrected chi connectivity index (χ0v) is 19.3. The molecule has 0 aromatic heterocycles. The Hall–Kier alpha value is -2.41. The Labute approximate surface area is 189 Å². The van der Waals surface area contributed by atoms with E-state index in [-0.39, 0.29) is 28.7 Å². The lowest BCUT2D eigenvalue weighted by atomic mass is 9.70. The molecule has 0 amide bonds. The van der Waals surface area contributed by atoms with E-state index in [4.69, 9.17) is 0 Å².